The van der Waals surface area contributed by atoms with E-state index < -0.39 is 23.6 Å². The molecule has 2 rings (SSSR count). The molecule has 0 saturated carbocycles. The van der Waals surface area contributed by atoms with E-state index in [1.54, 1.807) is 0 Å². The predicted octanol–water partition coefficient (Wildman–Crippen LogP) is 3.58. The smallest absolute Gasteiger partial charge is 0.366 e. The van der Waals surface area contributed by atoms with Crippen molar-refractivity contribution >= 4 is 40.9 Å². The number of hydrogen-bond acceptors (Lipinski definition) is 4. The van der Waals surface area contributed by atoms with Crippen LogP contribution in [0.1, 0.15) is 15.9 Å². The van der Waals surface area contributed by atoms with Crippen LogP contribution in [0.15, 0.2) is 41.6 Å². The highest BCUT2D eigenvalue weighted by atomic mass is 35.5. The number of amides is 2. The summed E-state index contributed by atoms with van der Waals surface area (Å²) >= 11 is 6.67. The number of thioether (sulfide) groups is 1. The molecule has 0 saturated heterocycles. The number of aromatic nitrogens is 1. The molecule has 0 atom stereocenters. The number of benzene rings is 1. The third-order valence-corrected chi connectivity index (χ3v) is 4.33. The third kappa shape index (κ3) is 5.36. The van der Waals surface area contributed by atoms with E-state index in [-0.39, 0.29) is 15.8 Å². The van der Waals surface area contributed by atoms with Gasteiger partial charge in [0.1, 0.15) is 5.03 Å². The molecule has 25 heavy (non-hydrogen) atoms. The fourth-order valence-electron chi connectivity index (χ4n) is 1.74. The van der Waals surface area contributed by atoms with Crippen molar-refractivity contribution in [2.24, 2.45) is 5.73 Å². The van der Waals surface area contributed by atoms with Gasteiger partial charge in [0.15, 0.2) is 0 Å². The second-order valence-electron chi connectivity index (χ2n) is 4.79. The number of carbonyl (C=O) groups excluding carboxylic acids is 2. The minimum atomic E-state index is -4.53. The number of hydrogen-bond donors (Lipinski definition) is 2. The fraction of sp³-hybridized carbons (Fsp3) is 0.133. The molecule has 0 aliphatic rings. The van der Waals surface area contributed by atoms with E-state index in [1.165, 1.54) is 24.3 Å². The first-order valence-electron chi connectivity index (χ1n) is 6.72. The Morgan fingerprint density at radius 2 is 1.88 bits per heavy atom. The number of anilines is 1. The number of alkyl halides is 3. The Bertz CT molecular complexity index is 798. The number of halogens is 4. The highest BCUT2D eigenvalue weighted by Crippen LogP contribution is 2.33. The molecule has 0 fully saturated rings. The molecule has 0 aliphatic carbocycles. The third-order valence-electron chi connectivity index (χ3n) is 2.93. The van der Waals surface area contributed by atoms with Crippen molar-refractivity contribution < 1.29 is 22.8 Å². The lowest BCUT2D eigenvalue weighted by Crippen LogP contribution is -2.15. The van der Waals surface area contributed by atoms with Gasteiger partial charge in [-0.1, -0.05) is 23.4 Å². The summed E-state index contributed by atoms with van der Waals surface area (Å²) < 4.78 is 37.6. The first-order valence-corrected chi connectivity index (χ1v) is 8.08. The summed E-state index contributed by atoms with van der Waals surface area (Å²) in [5.41, 5.74) is 4.90. The summed E-state index contributed by atoms with van der Waals surface area (Å²) in [4.78, 5) is 26.5. The molecule has 10 heteroatoms. The van der Waals surface area contributed by atoms with Gasteiger partial charge in [-0.25, -0.2) is 4.98 Å². The lowest BCUT2D eigenvalue weighted by molar-refractivity contribution is -0.137. The molecule has 2 aromatic rings. The second kappa shape index (κ2) is 7.75. The Kier molecular flexibility index (Phi) is 5.91. The molecule has 0 aliphatic heterocycles. The van der Waals surface area contributed by atoms with Gasteiger partial charge in [-0.2, -0.15) is 13.2 Å². The first-order chi connectivity index (χ1) is 11.7. The number of nitrogens with one attached hydrogen (secondary N) is 1. The number of nitrogens with two attached hydrogens (primary N) is 1. The lowest BCUT2D eigenvalue weighted by Gasteiger charge is -2.09. The van der Waals surface area contributed by atoms with E-state index in [1.807, 2.05) is 0 Å². The Labute approximate surface area is 149 Å². The average Bonchev–Trinajstić information content (AvgIpc) is 2.53. The Morgan fingerprint density at radius 1 is 1.24 bits per heavy atom. The summed E-state index contributed by atoms with van der Waals surface area (Å²) in [6.45, 7) is 0. The summed E-state index contributed by atoms with van der Waals surface area (Å²) in [7, 11) is 0. The van der Waals surface area contributed by atoms with E-state index in [2.05, 4.69) is 10.3 Å². The van der Waals surface area contributed by atoms with Crippen LogP contribution in [0.4, 0.5) is 18.9 Å². The van der Waals surface area contributed by atoms with Gasteiger partial charge in [-0.15, -0.1) is 0 Å². The highest BCUT2D eigenvalue weighted by molar-refractivity contribution is 8.00. The number of carbonyl (C=O) groups is 2. The van der Waals surface area contributed by atoms with Crippen LogP contribution in [0.3, 0.4) is 0 Å². The maximum Gasteiger partial charge on any atom is 0.417 e. The average molecular weight is 390 g/mol. The largest absolute Gasteiger partial charge is 0.417 e. The number of pyridine rings is 1. The summed E-state index contributed by atoms with van der Waals surface area (Å²) in [6.07, 6.45) is -3.87. The number of nitrogens with zero attached hydrogens (tertiary/aromatic N) is 1. The topological polar surface area (TPSA) is 85.1 Å². The van der Waals surface area contributed by atoms with Gasteiger partial charge in [0.05, 0.1) is 16.3 Å². The highest BCUT2D eigenvalue weighted by Gasteiger charge is 2.31. The van der Waals surface area contributed by atoms with E-state index >= 15 is 0 Å². The normalized spacial score (nSPS) is 11.2. The van der Waals surface area contributed by atoms with Gasteiger partial charge >= 0.3 is 6.18 Å². The Balaban J connectivity index is 1.94. The van der Waals surface area contributed by atoms with Crippen molar-refractivity contribution in [1.82, 2.24) is 4.98 Å². The van der Waals surface area contributed by atoms with E-state index in [0.29, 0.717) is 17.4 Å². The molecule has 0 radical (unpaired) electrons. The number of rotatable bonds is 5. The van der Waals surface area contributed by atoms with E-state index in [0.717, 1.165) is 17.8 Å². The van der Waals surface area contributed by atoms with Gasteiger partial charge in [0, 0.05) is 17.4 Å². The zero-order chi connectivity index (χ0) is 18.6. The maximum atomic E-state index is 12.5. The minimum Gasteiger partial charge on any atom is -0.366 e. The minimum absolute atomic E-state index is 0.102. The van der Waals surface area contributed by atoms with Crippen LogP contribution in [-0.2, 0) is 11.0 Å². The Morgan fingerprint density at radius 3 is 2.40 bits per heavy atom. The molecule has 0 unspecified atom stereocenters. The molecule has 0 bridgehead atoms. The van der Waals surface area contributed by atoms with Crippen LogP contribution in [0, 0.1) is 0 Å². The van der Waals surface area contributed by atoms with Crippen molar-refractivity contribution in [3.63, 3.8) is 0 Å². The predicted molar refractivity (Wildman–Crippen MR) is 88.6 cm³/mol. The molecule has 1 aromatic carbocycles. The monoisotopic (exact) mass is 389 g/mol. The van der Waals surface area contributed by atoms with Crippen LogP contribution in [0.25, 0.3) is 0 Å². The SMILES string of the molecule is NC(=O)c1ccc(NC(=O)CSc2ncc(C(F)(F)F)cc2Cl)cc1. The molecule has 1 heterocycles. The first kappa shape index (κ1) is 19.1. The van der Waals surface area contributed by atoms with Gasteiger partial charge in [-0.05, 0) is 30.3 Å². The summed E-state index contributed by atoms with van der Waals surface area (Å²) in [5.74, 6) is -1.10. The zero-order valence-electron chi connectivity index (χ0n) is 12.4. The molecule has 0 spiro atoms. The zero-order valence-corrected chi connectivity index (χ0v) is 14.0. The molecular weight excluding hydrogens is 379 g/mol. The van der Waals surface area contributed by atoms with Crippen molar-refractivity contribution in [3.8, 4) is 0 Å². The van der Waals surface area contributed by atoms with Crippen LogP contribution in [0.5, 0.6) is 0 Å². The summed E-state index contributed by atoms with van der Waals surface area (Å²) in [5, 5.41) is 2.51. The van der Waals surface area contributed by atoms with Gasteiger partial charge in [-0.3, -0.25) is 9.59 Å². The van der Waals surface area contributed by atoms with Crippen LogP contribution in [-0.4, -0.2) is 22.6 Å². The molecule has 5 nitrogen and oxygen atoms in total. The summed E-state index contributed by atoms with van der Waals surface area (Å²) in [6, 6.07) is 6.69. The number of primary amides is 1. The van der Waals surface area contributed by atoms with E-state index in [4.69, 9.17) is 17.3 Å². The molecular formula is C15H11ClF3N3O2S. The Hall–Kier alpha value is -2.26. The maximum absolute atomic E-state index is 12.5. The standard InChI is InChI=1S/C15H11ClF3N3O2S/c16-11-5-9(15(17,18)19)6-21-14(11)25-7-12(23)22-10-3-1-8(2-4-10)13(20)24/h1-6H,7H2,(H2,20,24)(H,22,23). The molecule has 3 N–H and O–H groups in total. The fourth-order valence-corrected chi connectivity index (χ4v) is 2.73. The molecule has 1 aromatic heterocycles. The lowest BCUT2D eigenvalue weighted by atomic mass is 10.2. The van der Waals surface area contributed by atoms with Gasteiger partial charge in [0.25, 0.3) is 0 Å². The van der Waals surface area contributed by atoms with Gasteiger partial charge < -0.3 is 11.1 Å². The van der Waals surface area contributed by atoms with Crippen LogP contribution < -0.4 is 11.1 Å². The second-order valence-corrected chi connectivity index (χ2v) is 6.16. The van der Waals surface area contributed by atoms with Crippen molar-refractivity contribution in [2.75, 3.05) is 11.1 Å². The van der Waals surface area contributed by atoms with Crippen molar-refractivity contribution in [2.45, 2.75) is 11.2 Å². The quantitative estimate of drug-likeness (QED) is 0.765. The van der Waals surface area contributed by atoms with E-state index in [9.17, 15) is 22.8 Å². The van der Waals surface area contributed by atoms with Crippen molar-refractivity contribution in [1.29, 1.82) is 0 Å². The van der Waals surface area contributed by atoms with Crippen molar-refractivity contribution in [3.05, 3.63) is 52.7 Å². The van der Waals surface area contributed by atoms with Crippen LogP contribution >= 0.6 is 23.4 Å². The van der Waals surface area contributed by atoms with Gasteiger partial charge in [0.2, 0.25) is 11.8 Å². The molecule has 132 valence electrons. The molecule has 2 amide bonds. The van der Waals surface area contributed by atoms with Crippen LogP contribution in [0.2, 0.25) is 5.02 Å².